The third kappa shape index (κ3) is 5.89. The molecule has 0 radical (unpaired) electrons. The van der Waals surface area contributed by atoms with Crippen LogP contribution in [0.15, 0.2) is 59.4 Å². The summed E-state index contributed by atoms with van der Waals surface area (Å²) >= 11 is 0. The molecule has 1 saturated heterocycles. The van der Waals surface area contributed by atoms with Gasteiger partial charge in [0.05, 0.1) is 6.42 Å². The van der Waals surface area contributed by atoms with Crippen molar-refractivity contribution in [3.8, 4) is 5.75 Å². The van der Waals surface area contributed by atoms with E-state index in [4.69, 9.17) is 14.6 Å². The second-order valence-corrected chi connectivity index (χ2v) is 8.32. The van der Waals surface area contributed by atoms with E-state index in [0.717, 1.165) is 11.1 Å². The maximum Gasteiger partial charge on any atom is 0.507 e. The van der Waals surface area contributed by atoms with E-state index >= 15 is 0 Å². The fourth-order valence-electron chi connectivity index (χ4n) is 4.32. The highest BCUT2D eigenvalue weighted by molar-refractivity contribution is 5.79. The third-order valence-electron chi connectivity index (χ3n) is 5.94. The Morgan fingerprint density at radius 3 is 2.69 bits per heavy atom. The van der Waals surface area contributed by atoms with Crippen LogP contribution in [0.1, 0.15) is 42.8 Å². The minimum absolute atomic E-state index is 0.0854. The van der Waals surface area contributed by atoms with Crippen molar-refractivity contribution in [2.75, 3.05) is 6.54 Å². The first-order valence-electron chi connectivity index (χ1n) is 11.6. The molecule has 3 aromatic rings. The van der Waals surface area contributed by atoms with Crippen LogP contribution in [0.25, 0.3) is 0 Å². The number of aromatic amines is 1. The van der Waals surface area contributed by atoms with Gasteiger partial charge in [0.15, 0.2) is 18.2 Å². The van der Waals surface area contributed by atoms with Crippen molar-refractivity contribution in [3.63, 3.8) is 0 Å². The second kappa shape index (κ2) is 10.9. The van der Waals surface area contributed by atoms with Crippen molar-refractivity contribution in [2.45, 2.75) is 51.5 Å². The van der Waals surface area contributed by atoms with Gasteiger partial charge in [-0.3, -0.25) is 9.36 Å². The van der Waals surface area contributed by atoms with Crippen molar-refractivity contribution < 1.29 is 24.2 Å². The summed E-state index contributed by atoms with van der Waals surface area (Å²) in [5, 5.41) is 15.6. The number of carbonyl (C=O) groups is 2. The Balaban J connectivity index is 1.52. The lowest BCUT2D eigenvalue weighted by Gasteiger charge is -2.23. The van der Waals surface area contributed by atoms with E-state index in [1.165, 1.54) is 9.47 Å². The molecule has 0 aliphatic carbocycles. The van der Waals surface area contributed by atoms with E-state index in [-0.39, 0.29) is 18.0 Å². The van der Waals surface area contributed by atoms with E-state index in [1.807, 2.05) is 43.3 Å². The summed E-state index contributed by atoms with van der Waals surface area (Å²) in [5.74, 6) is 0.821. The van der Waals surface area contributed by atoms with E-state index in [9.17, 15) is 14.4 Å². The van der Waals surface area contributed by atoms with Crippen LogP contribution >= 0.6 is 0 Å². The van der Waals surface area contributed by atoms with Gasteiger partial charge in [0.1, 0.15) is 5.75 Å². The molecule has 1 amide bonds. The van der Waals surface area contributed by atoms with Gasteiger partial charge in [-0.05, 0) is 36.6 Å². The van der Waals surface area contributed by atoms with Crippen molar-refractivity contribution in [3.05, 3.63) is 82.0 Å². The normalized spacial score (nSPS) is 16.1. The topological polar surface area (TPSA) is 127 Å². The molecule has 0 saturated carbocycles. The number of H-pyrrole nitrogens is 1. The Morgan fingerprint density at radius 2 is 1.94 bits per heavy atom. The number of nitrogens with zero attached hydrogens (tertiary/aromatic N) is 3. The van der Waals surface area contributed by atoms with Crippen LogP contribution in [-0.2, 0) is 28.9 Å². The Hall–Kier alpha value is -4.08. The number of nitrogens with one attached hydrogen (secondary N) is 1. The fraction of sp³-hybridized carbons (Fsp3) is 0.360. The summed E-state index contributed by atoms with van der Waals surface area (Å²) in [6.45, 7) is 2.77. The lowest BCUT2D eigenvalue weighted by molar-refractivity contribution is -0.138. The summed E-state index contributed by atoms with van der Waals surface area (Å²) in [6.07, 6.45) is -0.909. The summed E-state index contributed by atoms with van der Waals surface area (Å²) in [5.41, 5.74) is 1.45. The van der Waals surface area contributed by atoms with Gasteiger partial charge in [0, 0.05) is 25.9 Å². The molecule has 1 aliphatic rings. The summed E-state index contributed by atoms with van der Waals surface area (Å²) in [4.78, 5) is 37.4. The SMILES string of the molecule is CCn1c(C(Cc2ccccc2)Oc2cccc(CC(=O)N3CCC[C@H]3OC(=O)O)c2)n[nH]c1=O. The zero-order valence-electron chi connectivity index (χ0n) is 19.4. The third-order valence-corrected chi connectivity index (χ3v) is 5.94. The molecule has 35 heavy (non-hydrogen) atoms. The fourth-order valence-corrected chi connectivity index (χ4v) is 4.32. The predicted molar refractivity (Wildman–Crippen MR) is 126 cm³/mol. The average Bonchev–Trinajstić information content (AvgIpc) is 3.45. The number of rotatable bonds is 9. The van der Waals surface area contributed by atoms with Crippen LogP contribution in [0.2, 0.25) is 0 Å². The molecular weight excluding hydrogens is 452 g/mol. The molecule has 2 atom stereocenters. The van der Waals surface area contributed by atoms with Crippen LogP contribution in [-0.4, -0.2) is 49.6 Å². The summed E-state index contributed by atoms with van der Waals surface area (Å²) in [7, 11) is 0. The molecular formula is C25H28N4O6. The summed E-state index contributed by atoms with van der Waals surface area (Å²) < 4.78 is 12.7. The predicted octanol–water partition coefficient (Wildman–Crippen LogP) is 3.14. The number of likely N-dealkylation sites (tertiary alicyclic amines) is 1. The molecule has 10 heteroatoms. The number of aromatic nitrogens is 3. The van der Waals surface area contributed by atoms with Gasteiger partial charge >= 0.3 is 11.8 Å². The van der Waals surface area contributed by atoms with E-state index < -0.39 is 18.5 Å². The maximum absolute atomic E-state index is 12.8. The molecule has 0 bridgehead atoms. The van der Waals surface area contributed by atoms with E-state index in [1.54, 1.807) is 18.2 Å². The van der Waals surface area contributed by atoms with Crippen LogP contribution in [0.4, 0.5) is 4.79 Å². The molecule has 1 aliphatic heterocycles. The van der Waals surface area contributed by atoms with Gasteiger partial charge in [-0.1, -0.05) is 42.5 Å². The average molecular weight is 481 g/mol. The Bertz CT molecular complexity index is 1220. The first-order chi connectivity index (χ1) is 16.9. The highest BCUT2D eigenvalue weighted by atomic mass is 16.7. The minimum Gasteiger partial charge on any atom is -0.482 e. The maximum atomic E-state index is 12.8. The molecule has 4 rings (SSSR count). The van der Waals surface area contributed by atoms with Crippen LogP contribution in [0, 0.1) is 0 Å². The minimum atomic E-state index is -1.39. The van der Waals surface area contributed by atoms with Gasteiger partial charge in [-0.25, -0.2) is 14.7 Å². The number of carboxylic acid groups (broad SMARTS) is 1. The molecule has 2 N–H and O–H groups in total. The van der Waals surface area contributed by atoms with Crippen LogP contribution < -0.4 is 10.4 Å². The monoisotopic (exact) mass is 480 g/mol. The molecule has 1 unspecified atom stereocenters. The van der Waals surface area contributed by atoms with Crippen molar-refractivity contribution in [1.29, 1.82) is 0 Å². The van der Waals surface area contributed by atoms with Gasteiger partial charge in [-0.2, -0.15) is 5.10 Å². The molecule has 10 nitrogen and oxygen atoms in total. The smallest absolute Gasteiger partial charge is 0.482 e. The highest BCUT2D eigenvalue weighted by Crippen LogP contribution is 2.26. The molecule has 1 aromatic heterocycles. The molecule has 184 valence electrons. The van der Waals surface area contributed by atoms with E-state index in [0.29, 0.717) is 43.9 Å². The number of benzene rings is 2. The number of carbonyl (C=O) groups excluding carboxylic acids is 1. The van der Waals surface area contributed by atoms with Crippen molar-refractivity contribution >= 4 is 12.1 Å². The van der Waals surface area contributed by atoms with Crippen molar-refractivity contribution in [2.24, 2.45) is 0 Å². The van der Waals surface area contributed by atoms with E-state index in [2.05, 4.69) is 10.2 Å². The second-order valence-electron chi connectivity index (χ2n) is 8.32. The molecule has 2 heterocycles. The molecule has 0 spiro atoms. The Labute approximate surface area is 202 Å². The van der Waals surface area contributed by atoms with Crippen molar-refractivity contribution in [1.82, 2.24) is 19.7 Å². The Morgan fingerprint density at radius 1 is 1.17 bits per heavy atom. The molecule has 2 aromatic carbocycles. The number of hydrogen-bond donors (Lipinski definition) is 2. The van der Waals surface area contributed by atoms with Gasteiger partial charge in [0.2, 0.25) is 5.91 Å². The highest BCUT2D eigenvalue weighted by Gasteiger charge is 2.31. The zero-order chi connectivity index (χ0) is 24.8. The lowest BCUT2D eigenvalue weighted by Crippen LogP contribution is -2.39. The number of ether oxygens (including phenoxy) is 2. The first-order valence-corrected chi connectivity index (χ1v) is 11.6. The first kappa shape index (κ1) is 24.1. The zero-order valence-corrected chi connectivity index (χ0v) is 19.4. The lowest BCUT2D eigenvalue weighted by atomic mass is 10.1. The number of amides is 1. The van der Waals surface area contributed by atoms with Gasteiger partial charge in [-0.15, -0.1) is 0 Å². The molecule has 1 fully saturated rings. The van der Waals surface area contributed by atoms with Gasteiger partial charge in [0.25, 0.3) is 0 Å². The summed E-state index contributed by atoms with van der Waals surface area (Å²) in [6, 6.07) is 17.0. The largest absolute Gasteiger partial charge is 0.507 e. The standard InChI is InChI=1S/C25H28N4O6/c1-2-28-23(26-27-24(28)31)20(15-17-8-4-3-5-9-17)34-19-11-6-10-18(14-19)16-21(30)29-13-7-12-22(29)35-25(32)33/h3-6,8-11,14,20,22H,2,7,12-13,15-16H2,1H3,(H,27,31)(H,32,33)/t20?,22-/m1/s1. The van der Waals surface area contributed by atoms with Crippen LogP contribution in [0.3, 0.4) is 0 Å². The quantitative estimate of drug-likeness (QED) is 0.451. The Kier molecular flexibility index (Phi) is 7.49. The van der Waals surface area contributed by atoms with Crippen LogP contribution in [0.5, 0.6) is 5.75 Å². The van der Waals surface area contributed by atoms with Gasteiger partial charge < -0.3 is 19.5 Å². The number of hydrogen-bond acceptors (Lipinski definition) is 6.